The number of rotatable bonds is 0. The molecule has 0 unspecified atom stereocenters. The monoisotopic (exact) mass is 215 g/mol. The second-order valence-electron chi connectivity index (χ2n) is 3.43. The van der Waals surface area contributed by atoms with E-state index in [4.69, 9.17) is 4.42 Å². The molecule has 0 aliphatic heterocycles. The van der Waals surface area contributed by atoms with Crippen LogP contribution in [0.1, 0.15) is 0 Å². The van der Waals surface area contributed by atoms with E-state index >= 15 is 0 Å². The summed E-state index contributed by atoms with van der Waals surface area (Å²) in [5.74, 6) is -0.439. The Balaban J connectivity index is 2.61. The molecule has 0 spiro atoms. The lowest BCUT2D eigenvalue weighted by Gasteiger charge is -1.99. The van der Waals surface area contributed by atoms with Crippen molar-refractivity contribution in [3.05, 3.63) is 52.6 Å². The van der Waals surface area contributed by atoms with Crippen molar-refractivity contribution in [1.29, 1.82) is 0 Å². The van der Waals surface area contributed by atoms with Gasteiger partial charge in [-0.1, -0.05) is 0 Å². The molecule has 16 heavy (non-hydrogen) atoms. The van der Waals surface area contributed by atoms with Crippen LogP contribution in [0.25, 0.3) is 22.1 Å². The van der Waals surface area contributed by atoms with Crippen molar-refractivity contribution in [3.8, 4) is 0 Å². The quantitative estimate of drug-likeness (QED) is 0.541. The molecular formula is C12H6FNO2. The van der Waals surface area contributed by atoms with E-state index in [0.717, 1.165) is 0 Å². The smallest absolute Gasteiger partial charge is 0.230 e. The van der Waals surface area contributed by atoms with Crippen molar-refractivity contribution >= 4 is 22.1 Å². The van der Waals surface area contributed by atoms with Crippen LogP contribution < -0.4 is 5.43 Å². The average molecular weight is 215 g/mol. The maximum absolute atomic E-state index is 13.0. The summed E-state index contributed by atoms with van der Waals surface area (Å²) in [5, 5.41) is 0.767. The van der Waals surface area contributed by atoms with Crippen molar-refractivity contribution in [2.45, 2.75) is 0 Å². The molecule has 3 nitrogen and oxygen atoms in total. The summed E-state index contributed by atoms with van der Waals surface area (Å²) < 4.78 is 18.3. The van der Waals surface area contributed by atoms with Gasteiger partial charge in [-0.15, -0.1) is 0 Å². The minimum absolute atomic E-state index is 0.190. The molecule has 0 saturated heterocycles. The van der Waals surface area contributed by atoms with Gasteiger partial charge >= 0.3 is 0 Å². The zero-order valence-corrected chi connectivity index (χ0v) is 8.11. The molecule has 0 amide bonds. The summed E-state index contributed by atoms with van der Waals surface area (Å²) in [4.78, 5) is 15.9. The second-order valence-corrected chi connectivity index (χ2v) is 3.43. The predicted octanol–water partition coefficient (Wildman–Crippen LogP) is 2.48. The number of fused-ring (bicyclic) bond motifs is 2. The van der Waals surface area contributed by atoms with E-state index in [1.165, 1.54) is 24.4 Å². The first-order chi connectivity index (χ1) is 7.75. The van der Waals surface area contributed by atoms with E-state index in [1.807, 2.05) is 0 Å². The Kier molecular flexibility index (Phi) is 1.77. The summed E-state index contributed by atoms with van der Waals surface area (Å²) in [7, 11) is 0. The molecule has 0 aliphatic carbocycles. The molecule has 3 aromatic rings. The van der Waals surface area contributed by atoms with Gasteiger partial charge in [0.2, 0.25) is 11.1 Å². The molecule has 0 aliphatic rings. The average Bonchev–Trinajstić information content (AvgIpc) is 2.29. The summed E-state index contributed by atoms with van der Waals surface area (Å²) in [6, 6.07) is 7.14. The Hall–Kier alpha value is -2.23. The first-order valence-electron chi connectivity index (χ1n) is 4.73. The van der Waals surface area contributed by atoms with Crippen LogP contribution in [0.5, 0.6) is 0 Å². The van der Waals surface area contributed by atoms with E-state index < -0.39 is 5.82 Å². The summed E-state index contributed by atoms with van der Waals surface area (Å²) in [5.41, 5.74) is 0.256. The Bertz CT molecular complexity index is 749. The zero-order chi connectivity index (χ0) is 11.1. The Morgan fingerprint density at radius 3 is 2.94 bits per heavy atom. The molecule has 1 aromatic carbocycles. The van der Waals surface area contributed by atoms with E-state index in [2.05, 4.69) is 4.98 Å². The number of aromatic nitrogens is 1. The highest BCUT2D eigenvalue weighted by molar-refractivity contribution is 5.87. The van der Waals surface area contributed by atoms with Crippen molar-refractivity contribution in [2.24, 2.45) is 0 Å². The molecule has 4 heteroatoms. The van der Waals surface area contributed by atoms with Crippen molar-refractivity contribution in [2.75, 3.05) is 0 Å². The van der Waals surface area contributed by atoms with Crippen LogP contribution in [0.4, 0.5) is 4.39 Å². The number of halogens is 1. The van der Waals surface area contributed by atoms with Gasteiger partial charge in [0.1, 0.15) is 11.4 Å². The summed E-state index contributed by atoms with van der Waals surface area (Å²) in [6.45, 7) is 0. The molecule has 0 radical (unpaired) electrons. The van der Waals surface area contributed by atoms with Crippen LogP contribution in [-0.4, -0.2) is 4.98 Å². The summed E-state index contributed by atoms with van der Waals surface area (Å²) >= 11 is 0. The van der Waals surface area contributed by atoms with Crippen LogP contribution in [0.2, 0.25) is 0 Å². The first kappa shape index (κ1) is 9.03. The van der Waals surface area contributed by atoms with Crippen LogP contribution in [0.3, 0.4) is 0 Å². The molecule has 2 aromatic heterocycles. The highest BCUT2D eigenvalue weighted by Gasteiger charge is 2.08. The standard InChI is InChI=1S/C12H6FNO2/c13-7-3-4-8-10(6-7)16-12-9(11(8)15)2-1-5-14-12/h1-6H. The molecule has 3 rings (SSSR count). The normalized spacial score (nSPS) is 11.1. The second kappa shape index (κ2) is 3.13. The third kappa shape index (κ3) is 1.20. The first-order valence-corrected chi connectivity index (χ1v) is 4.73. The predicted molar refractivity (Wildman–Crippen MR) is 57.7 cm³/mol. The van der Waals surface area contributed by atoms with Gasteiger partial charge < -0.3 is 4.42 Å². The fourth-order valence-electron chi connectivity index (χ4n) is 1.66. The van der Waals surface area contributed by atoms with Crippen LogP contribution in [0, 0.1) is 5.82 Å². The lowest BCUT2D eigenvalue weighted by molar-refractivity contribution is 0.611. The van der Waals surface area contributed by atoms with Crippen molar-refractivity contribution in [1.82, 2.24) is 4.98 Å². The molecule has 0 saturated carbocycles. The fraction of sp³-hybridized carbons (Fsp3) is 0. The topological polar surface area (TPSA) is 43.1 Å². The Labute approximate surface area is 89.1 Å². The van der Waals surface area contributed by atoms with Gasteiger partial charge in [-0.3, -0.25) is 4.79 Å². The lowest BCUT2D eigenvalue weighted by atomic mass is 10.2. The van der Waals surface area contributed by atoms with Crippen LogP contribution >= 0.6 is 0 Å². The highest BCUT2D eigenvalue weighted by atomic mass is 19.1. The molecule has 2 heterocycles. The number of pyridine rings is 1. The lowest BCUT2D eigenvalue weighted by Crippen LogP contribution is -2.02. The van der Waals surface area contributed by atoms with Gasteiger partial charge in [-0.25, -0.2) is 9.37 Å². The van der Waals surface area contributed by atoms with Crippen LogP contribution in [-0.2, 0) is 0 Å². The SMILES string of the molecule is O=c1c2ccc(F)cc2oc2ncccc12. The van der Waals surface area contributed by atoms with Gasteiger partial charge in [0.15, 0.2) is 0 Å². The number of nitrogens with zero attached hydrogens (tertiary/aromatic N) is 1. The van der Waals surface area contributed by atoms with E-state index in [-0.39, 0.29) is 16.7 Å². The van der Waals surface area contributed by atoms with E-state index in [1.54, 1.807) is 12.1 Å². The van der Waals surface area contributed by atoms with Gasteiger partial charge in [0.25, 0.3) is 0 Å². The molecule has 0 N–H and O–H groups in total. The van der Waals surface area contributed by atoms with E-state index in [0.29, 0.717) is 10.8 Å². The third-order valence-electron chi connectivity index (χ3n) is 2.41. The minimum Gasteiger partial charge on any atom is -0.437 e. The number of benzene rings is 1. The summed E-state index contributed by atoms with van der Waals surface area (Å²) in [6.07, 6.45) is 1.52. The van der Waals surface area contributed by atoms with Crippen molar-refractivity contribution in [3.63, 3.8) is 0 Å². The number of hydrogen-bond acceptors (Lipinski definition) is 3. The fourth-order valence-corrected chi connectivity index (χ4v) is 1.66. The molecular weight excluding hydrogens is 209 g/mol. The Morgan fingerprint density at radius 1 is 1.19 bits per heavy atom. The van der Waals surface area contributed by atoms with Gasteiger partial charge in [-0.05, 0) is 24.3 Å². The third-order valence-corrected chi connectivity index (χ3v) is 2.41. The zero-order valence-electron chi connectivity index (χ0n) is 8.11. The maximum atomic E-state index is 13.0. The molecule has 0 atom stereocenters. The van der Waals surface area contributed by atoms with E-state index in [9.17, 15) is 9.18 Å². The molecule has 0 bridgehead atoms. The van der Waals surface area contributed by atoms with Gasteiger partial charge in [-0.2, -0.15) is 0 Å². The Morgan fingerprint density at radius 2 is 2.06 bits per heavy atom. The minimum atomic E-state index is -0.439. The van der Waals surface area contributed by atoms with Gasteiger partial charge in [0, 0.05) is 12.3 Å². The van der Waals surface area contributed by atoms with Crippen molar-refractivity contribution < 1.29 is 8.81 Å². The largest absolute Gasteiger partial charge is 0.437 e. The molecule has 0 fully saturated rings. The number of hydrogen-bond donors (Lipinski definition) is 0. The molecule has 78 valence electrons. The van der Waals surface area contributed by atoms with Crippen LogP contribution in [0.15, 0.2) is 45.7 Å². The highest BCUT2D eigenvalue weighted by Crippen LogP contribution is 2.17. The maximum Gasteiger partial charge on any atom is 0.230 e. The van der Waals surface area contributed by atoms with Gasteiger partial charge in [0.05, 0.1) is 10.8 Å².